The Kier molecular flexibility index (Phi) is 4.75. The molecule has 0 saturated heterocycles. The third kappa shape index (κ3) is 3.87. The molecule has 4 rings (SSSR count). The second-order valence-corrected chi connectivity index (χ2v) is 8.12. The highest BCUT2D eigenvalue weighted by Gasteiger charge is 2.39. The lowest BCUT2D eigenvalue weighted by molar-refractivity contribution is -0.119. The van der Waals surface area contributed by atoms with E-state index in [9.17, 15) is 4.79 Å². The quantitative estimate of drug-likeness (QED) is 0.655. The average Bonchev–Trinajstić information content (AvgIpc) is 3.23. The fourth-order valence-electron chi connectivity index (χ4n) is 4.16. The Labute approximate surface area is 152 Å². The topological polar surface area (TPSA) is 54.9 Å². The van der Waals surface area contributed by atoms with Gasteiger partial charge in [-0.05, 0) is 44.1 Å². The molecule has 0 spiro atoms. The summed E-state index contributed by atoms with van der Waals surface area (Å²) in [4.78, 5) is 21.4. The minimum absolute atomic E-state index is 0.105. The van der Waals surface area contributed by atoms with Gasteiger partial charge in [-0.1, -0.05) is 48.5 Å². The van der Waals surface area contributed by atoms with Crippen LogP contribution >= 0.6 is 11.8 Å². The van der Waals surface area contributed by atoms with E-state index in [0.29, 0.717) is 22.9 Å². The highest BCUT2D eigenvalue weighted by atomic mass is 32.2. The van der Waals surface area contributed by atoms with Crippen molar-refractivity contribution < 1.29 is 4.79 Å². The van der Waals surface area contributed by atoms with Gasteiger partial charge in [-0.25, -0.2) is 9.97 Å². The van der Waals surface area contributed by atoms with Crippen molar-refractivity contribution in [3.63, 3.8) is 0 Å². The second-order valence-electron chi connectivity index (χ2n) is 7.18. The Hall–Kier alpha value is -1.88. The molecule has 1 heterocycles. The predicted molar refractivity (Wildman–Crippen MR) is 100 cm³/mol. The Bertz CT molecular complexity index is 765. The van der Waals surface area contributed by atoms with E-state index >= 15 is 0 Å². The maximum atomic E-state index is 12.3. The molecule has 1 N–H and O–H groups in total. The molecular formula is C20H23N3OS. The molecule has 2 aliphatic rings. The van der Waals surface area contributed by atoms with Gasteiger partial charge in [0.2, 0.25) is 5.91 Å². The van der Waals surface area contributed by atoms with Crippen LogP contribution in [0.4, 0.5) is 0 Å². The summed E-state index contributed by atoms with van der Waals surface area (Å²) in [7, 11) is 0. The number of nitrogens with one attached hydrogen (secondary N) is 1. The smallest absolute Gasteiger partial charge is 0.230 e. The van der Waals surface area contributed by atoms with E-state index in [4.69, 9.17) is 0 Å². The van der Waals surface area contributed by atoms with Crippen LogP contribution in [0.25, 0.3) is 11.3 Å². The van der Waals surface area contributed by atoms with Crippen molar-refractivity contribution in [1.29, 1.82) is 0 Å². The van der Waals surface area contributed by atoms with E-state index in [1.807, 2.05) is 43.3 Å². The maximum absolute atomic E-state index is 12.3. The summed E-state index contributed by atoms with van der Waals surface area (Å²) < 4.78 is 0. The summed E-state index contributed by atoms with van der Waals surface area (Å²) in [6.45, 7) is 1.97. The van der Waals surface area contributed by atoms with Crippen LogP contribution in [0, 0.1) is 18.8 Å². The van der Waals surface area contributed by atoms with Gasteiger partial charge in [0.05, 0.1) is 11.4 Å². The zero-order chi connectivity index (χ0) is 17.2. The Balaban J connectivity index is 1.37. The SMILES string of the molecule is Cc1cc(-c2ccccc2)nc(SCC(=O)N[C@@H]2C[C@H]3CC[C@H]2C3)n1. The molecule has 2 bridgehead atoms. The first kappa shape index (κ1) is 16.6. The Morgan fingerprint density at radius 3 is 2.76 bits per heavy atom. The number of carbonyl (C=O) groups is 1. The largest absolute Gasteiger partial charge is 0.352 e. The lowest BCUT2D eigenvalue weighted by Crippen LogP contribution is -2.39. The van der Waals surface area contributed by atoms with Crippen LogP contribution < -0.4 is 5.32 Å². The molecule has 1 aromatic heterocycles. The van der Waals surface area contributed by atoms with Crippen molar-refractivity contribution in [2.75, 3.05) is 5.75 Å². The molecule has 2 fully saturated rings. The first-order valence-corrected chi connectivity index (χ1v) is 9.99. The first-order chi connectivity index (χ1) is 12.2. The van der Waals surface area contributed by atoms with Crippen LogP contribution in [0.15, 0.2) is 41.6 Å². The Morgan fingerprint density at radius 1 is 1.20 bits per heavy atom. The summed E-state index contributed by atoms with van der Waals surface area (Å²) in [5.74, 6) is 2.04. The standard InChI is InChI=1S/C20H23N3OS/c1-13-9-17(15-5-3-2-4-6-15)23-20(21-13)25-12-19(24)22-18-11-14-7-8-16(18)10-14/h2-6,9,14,16,18H,7-8,10-12H2,1H3,(H,22,24)/t14-,16-,18+/m0/s1. The third-order valence-electron chi connectivity index (χ3n) is 5.32. The van der Waals surface area contributed by atoms with E-state index in [-0.39, 0.29) is 5.91 Å². The van der Waals surface area contributed by atoms with Crippen molar-refractivity contribution in [3.8, 4) is 11.3 Å². The molecule has 0 aliphatic heterocycles. The third-order valence-corrected chi connectivity index (χ3v) is 6.17. The van der Waals surface area contributed by atoms with Crippen LogP contribution in [-0.2, 0) is 4.79 Å². The second kappa shape index (κ2) is 7.16. The van der Waals surface area contributed by atoms with Crippen LogP contribution in [0.1, 0.15) is 31.4 Å². The van der Waals surface area contributed by atoms with E-state index < -0.39 is 0 Å². The van der Waals surface area contributed by atoms with Gasteiger partial charge in [0.25, 0.3) is 0 Å². The van der Waals surface area contributed by atoms with Gasteiger partial charge in [-0.15, -0.1) is 0 Å². The number of amides is 1. The average molecular weight is 353 g/mol. The molecule has 2 aliphatic carbocycles. The molecule has 1 amide bonds. The monoisotopic (exact) mass is 353 g/mol. The van der Waals surface area contributed by atoms with Crippen molar-refractivity contribution >= 4 is 17.7 Å². The zero-order valence-corrected chi connectivity index (χ0v) is 15.3. The maximum Gasteiger partial charge on any atom is 0.230 e. The minimum atomic E-state index is 0.105. The number of nitrogens with zero attached hydrogens (tertiary/aromatic N) is 2. The van der Waals surface area contributed by atoms with Gasteiger partial charge in [0.1, 0.15) is 0 Å². The number of fused-ring (bicyclic) bond motifs is 2. The number of hydrogen-bond donors (Lipinski definition) is 1. The summed E-state index contributed by atoms with van der Waals surface area (Å²) >= 11 is 1.42. The number of aryl methyl sites for hydroxylation is 1. The molecule has 4 nitrogen and oxygen atoms in total. The fraction of sp³-hybridized carbons (Fsp3) is 0.450. The van der Waals surface area contributed by atoms with Gasteiger partial charge < -0.3 is 5.32 Å². The molecule has 130 valence electrons. The summed E-state index contributed by atoms with van der Waals surface area (Å²) in [5, 5.41) is 3.89. The lowest BCUT2D eigenvalue weighted by Gasteiger charge is -2.22. The van der Waals surface area contributed by atoms with Gasteiger partial charge in [0, 0.05) is 17.3 Å². The van der Waals surface area contributed by atoms with Crippen molar-refractivity contribution in [2.45, 2.75) is 43.8 Å². The fourth-order valence-corrected chi connectivity index (χ4v) is 4.88. The van der Waals surface area contributed by atoms with Crippen LogP contribution in [-0.4, -0.2) is 27.7 Å². The van der Waals surface area contributed by atoms with Gasteiger partial charge in [-0.2, -0.15) is 0 Å². The van der Waals surface area contributed by atoms with Crippen molar-refractivity contribution in [1.82, 2.24) is 15.3 Å². The number of carbonyl (C=O) groups excluding carboxylic acids is 1. The van der Waals surface area contributed by atoms with E-state index in [2.05, 4.69) is 15.3 Å². The van der Waals surface area contributed by atoms with E-state index in [0.717, 1.165) is 22.9 Å². The van der Waals surface area contributed by atoms with E-state index in [1.54, 1.807) is 0 Å². The molecule has 2 aromatic rings. The molecular weight excluding hydrogens is 330 g/mol. The summed E-state index contributed by atoms with van der Waals surface area (Å²) in [5.41, 5.74) is 2.90. The molecule has 2 saturated carbocycles. The zero-order valence-electron chi connectivity index (χ0n) is 14.4. The number of rotatable bonds is 5. The molecule has 5 heteroatoms. The predicted octanol–water partition coefficient (Wildman–Crippen LogP) is 3.85. The van der Waals surface area contributed by atoms with Gasteiger partial charge >= 0.3 is 0 Å². The minimum Gasteiger partial charge on any atom is -0.352 e. The highest BCUT2D eigenvalue weighted by Crippen LogP contribution is 2.44. The summed E-state index contributed by atoms with van der Waals surface area (Å²) in [6, 6.07) is 12.5. The van der Waals surface area contributed by atoms with Crippen molar-refractivity contribution in [2.24, 2.45) is 11.8 Å². The molecule has 0 radical (unpaired) electrons. The molecule has 1 aromatic carbocycles. The summed E-state index contributed by atoms with van der Waals surface area (Å²) in [6.07, 6.45) is 5.11. The number of hydrogen-bond acceptors (Lipinski definition) is 4. The number of benzene rings is 1. The van der Waals surface area contributed by atoms with Crippen molar-refractivity contribution in [3.05, 3.63) is 42.1 Å². The van der Waals surface area contributed by atoms with Gasteiger partial charge in [-0.3, -0.25) is 4.79 Å². The Morgan fingerprint density at radius 2 is 2.04 bits per heavy atom. The number of thioether (sulfide) groups is 1. The highest BCUT2D eigenvalue weighted by molar-refractivity contribution is 7.99. The van der Waals surface area contributed by atoms with E-state index in [1.165, 1.54) is 37.4 Å². The lowest BCUT2D eigenvalue weighted by atomic mass is 9.95. The van der Waals surface area contributed by atoms with Crippen LogP contribution in [0.2, 0.25) is 0 Å². The first-order valence-electron chi connectivity index (χ1n) is 9.00. The molecule has 25 heavy (non-hydrogen) atoms. The van der Waals surface area contributed by atoms with Crippen LogP contribution in [0.3, 0.4) is 0 Å². The molecule has 0 unspecified atom stereocenters. The van der Waals surface area contributed by atoms with Gasteiger partial charge in [0.15, 0.2) is 5.16 Å². The number of aromatic nitrogens is 2. The normalized spacial score (nSPS) is 24.4. The van der Waals surface area contributed by atoms with Crippen LogP contribution in [0.5, 0.6) is 0 Å². The molecule has 3 atom stereocenters.